The summed E-state index contributed by atoms with van der Waals surface area (Å²) in [5.74, 6) is 2.40. The normalized spacial score (nSPS) is 16.9. The fourth-order valence-corrected chi connectivity index (χ4v) is 2.92. The third-order valence-electron chi connectivity index (χ3n) is 4.09. The Hall–Kier alpha value is -1.69. The van der Waals surface area contributed by atoms with Crippen LogP contribution < -0.4 is 4.90 Å². The quantitative estimate of drug-likeness (QED) is 0.867. The number of ether oxygens (including phenoxy) is 1. The lowest BCUT2D eigenvalue weighted by molar-refractivity contribution is 0.0214. The largest absolute Gasteiger partial charge is 0.378 e. The van der Waals surface area contributed by atoms with Gasteiger partial charge in [-0.1, -0.05) is 13.8 Å². The van der Waals surface area contributed by atoms with Gasteiger partial charge in [0.05, 0.1) is 17.7 Å². The highest BCUT2D eigenvalue weighted by Crippen LogP contribution is 2.26. The van der Waals surface area contributed by atoms with E-state index in [1.165, 1.54) is 0 Å². The van der Waals surface area contributed by atoms with Gasteiger partial charge in [0.2, 0.25) is 0 Å². The van der Waals surface area contributed by atoms with E-state index < -0.39 is 0 Å². The van der Waals surface area contributed by atoms with E-state index in [1.54, 1.807) is 0 Å². The van der Waals surface area contributed by atoms with Gasteiger partial charge in [-0.2, -0.15) is 5.10 Å². The maximum atomic E-state index is 5.97. The van der Waals surface area contributed by atoms with Gasteiger partial charge in [-0.05, 0) is 25.7 Å². The van der Waals surface area contributed by atoms with E-state index in [9.17, 15) is 0 Å². The van der Waals surface area contributed by atoms with Crippen LogP contribution in [0.4, 0.5) is 5.82 Å². The van der Waals surface area contributed by atoms with Gasteiger partial charge in [-0.3, -0.25) is 4.68 Å². The molecule has 6 heteroatoms. The molecule has 120 valence electrons. The lowest BCUT2D eigenvalue weighted by atomic mass is 10.1. The van der Waals surface area contributed by atoms with Crippen LogP contribution in [0, 0.1) is 12.8 Å². The topological polar surface area (TPSA) is 56.1 Å². The Morgan fingerprint density at radius 1 is 1.27 bits per heavy atom. The van der Waals surface area contributed by atoms with E-state index in [-0.39, 0.29) is 0 Å². The molecule has 3 rings (SSSR count). The molecule has 0 spiro atoms. The summed E-state index contributed by atoms with van der Waals surface area (Å²) < 4.78 is 7.78. The second kappa shape index (κ2) is 6.20. The number of piperidine rings is 1. The second-order valence-electron chi connectivity index (χ2n) is 6.51. The zero-order chi connectivity index (χ0) is 15.7. The predicted octanol–water partition coefficient (Wildman–Crippen LogP) is 2.31. The maximum absolute atomic E-state index is 5.97. The van der Waals surface area contributed by atoms with E-state index in [1.807, 2.05) is 24.9 Å². The molecule has 0 N–H and O–H groups in total. The average molecular weight is 303 g/mol. The highest BCUT2D eigenvalue weighted by atomic mass is 16.5. The molecule has 2 aromatic rings. The number of aromatic nitrogens is 4. The Kier molecular flexibility index (Phi) is 4.29. The van der Waals surface area contributed by atoms with Crippen LogP contribution in [-0.4, -0.2) is 45.5 Å². The number of aryl methyl sites for hydroxylation is 2. The van der Waals surface area contributed by atoms with E-state index in [4.69, 9.17) is 4.74 Å². The van der Waals surface area contributed by atoms with Crippen LogP contribution in [0.3, 0.4) is 0 Å². The molecule has 0 aromatic carbocycles. The molecule has 0 aliphatic carbocycles. The van der Waals surface area contributed by atoms with Crippen molar-refractivity contribution in [2.75, 3.05) is 24.6 Å². The molecule has 1 fully saturated rings. The zero-order valence-corrected chi connectivity index (χ0v) is 13.9. The summed E-state index contributed by atoms with van der Waals surface area (Å²) in [7, 11) is 1.92. The highest BCUT2D eigenvalue weighted by molar-refractivity contribution is 5.87. The molecule has 2 aromatic heterocycles. The Bertz CT molecular complexity index is 643. The molecule has 0 amide bonds. The lowest BCUT2D eigenvalue weighted by Crippen LogP contribution is -2.38. The van der Waals surface area contributed by atoms with Gasteiger partial charge in [0.1, 0.15) is 11.6 Å². The summed E-state index contributed by atoms with van der Waals surface area (Å²) in [6.07, 6.45) is 4.35. The molecule has 0 unspecified atom stereocenters. The smallest absolute Gasteiger partial charge is 0.163 e. The fourth-order valence-electron chi connectivity index (χ4n) is 2.92. The third-order valence-corrected chi connectivity index (χ3v) is 4.09. The van der Waals surface area contributed by atoms with Crippen LogP contribution >= 0.6 is 0 Å². The number of anilines is 1. The molecule has 0 bridgehead atoms. The van der Waals surface area contributed by atoms with Gasteiger partial charge < -0.3 is 9.64 Å². The van der Waals surface area contributed by atoms with Gasteiger partial charge in [0.15, 0.2) is 5.65 Å². The van der Waals surface area contributed by atoms with E-state index in [2.05, 4.69) is 33.8 Å². The van der Waals surface area contributed by atoms with Crippen LogP contribution in [0.25, 0.3) is 11.0 Å². The van der Waals surface area contributed by atoms with Crippen molar-refractivity contribution in [3.05, 3.63) is 12.0 Å². The lowest BCUT2D eigenvalue weighted by Gasteiger charge is -2.33. The van der Waals surface area contributed by atoms with Gasteiger partial charge in [0.25, 0.3) is 0 Å². The van der Waals surface area contributed by atoms with Crippen LogP contribution in [0.1, 0.15) is 32.5 Å². The van der Waals surface area contributed by atoms with Gasteiger partial charge in [-0.25, -0.2) is 9.97 Å². The monoisotopic (exact) mass is 303 g/mol. The van der Waals surface area contributed by atoms with Crippen molar-refractivity contribution in [1.29, 1.82) is 0 Å². The van der Waals surface area contributed by atoms with Crippen LogP contribution in [0.15, 0.2) is 6.20 Å². The molecular weight excluding hydrogens is 278 g/mol. The van der Waals surface area contributed by atoms with Crippen molar-refractivity contribution in [3.63, 3.8) is 0 Å². The van der Waals surface area contributed by atoms with E-state index in [0.717, 1.165) is 55.2 Å². The third kappa shape index (κ3) is 3.06. The van der Waals surface area contributed by atoms with Crippen molar-refractivity contribution in [3.8, 4) is 0 Å². The molecule has 1 aliphatic rings. The summed E-state index contributed by atoms with van der Waals surface area (Å²) >= 11 is 0. The van der Waals surface area contributed by atoms with Crippen molar-refractivity contribution < 1.29 is 4.74 Å². The summed E-state index contributed by atoms with van der Waals surface area (Å²) in [6, 6.07) is 0. The predicted molar refractivity (Wildman–Crippen MR) is 87.1 cm³/mol. The number of nitrogens with zero attached hydrogens (tertiary/aromatic N) is 5. The molecule has 22 heavy (non-hydrogen) atoms. The summed E-state index contributed by atoms with van der Waals surface area (Å²) in [5.41, 5.74) is 0.903. The van der Waals surface area contributed by atoms with Crippen molar-refractivity contribution in [1.82, 2.24) is 19.7 Å². The first-order valence-corrected chi connectivity index (χ1v) is 8.07. The molecule has 1 aliphatic heterocycles. The minimum atomic E-state index is 0.381. The van der Waals surface area contributed by atoms with Gasteiger partial charge in [-0.15, -0.1) is 0 Å². The number of rotatable bonds is 4. The first-order chi connectivity index (χ1) is 10.5. The Morgan fingerprint density at radius 2 is 2.00 bits per heavy atom. The second-order valence-corrected chi connectivity index (χ2v) is 6.51. The summed E-state index contributed by atoms with van der Waals surface area (Å²) in [4.78, 5) is 11.5. The van der Waals surface area contributed by atoms with Crippen molar-refractivity contribution in [2.24, 2.45) is 13.0 Å². The Balaban J connectivity index is 1.74. The van der Waals surface area contributed by atoms with Crippen molar-refractivity contribution in [2.45, 2.75) is 39.7 Å². The van der Waals surface area contributed by atoms with E-state index >= 15 is 0 Å². The Labute approximate surface area is 131 Å². The molecule has 6 nitrogen and oxygen atoms in total. The SMILES string of the molecule is Cc1nc(N2CCC(OCC(C)C)CC2)c2cnn(C)c2n1. The van der Waals surface area contributed by atoms with Gasteiger partial charge in [0, 0.05) is 26.7 Å². The minimum absolute atomic E-state index is 0.381. The number of fused-ring (bicyclic) bond motifs is 1. The minimum Gasteiger partial charge on any atom is -0.378 e. The van der Waals surface area contributed by atoms with Crippen LogP contribution in [0.5, 0.6) is 0 Å². The summed E-state index contributed by atoms with van der Waals surface area (Å²) in [5, 5.41) is 5.36. The molecular formula is C16H25N5O. The highest BCUT2D eigenvalue weighted by Gasteiger charge is 2.23. The first kappa shape index (κ1) is 15.2. The first-order valence-electron chi connectivity index (χ1n) is 8.07. The molecule has 3 heterocycles. The van der Waals surface area contributed by atoms with E-state index in [0.29, 0.717) is 12.0 Å². The summed E-state index contributed by atoms with van der Waals surface area (Å²) in [6.45, 7) is 9.13. The average Bonchev–Trinajstić information content (AvgIpc) is 2.86. The number of hydrogen-bond acceptors (Lipinski definition) is 5. The standard InChI is InChI=1S/C16H25N5O/c1-11(2)10-22-13-5-7-21(8-6-13)16-14-9-17-20(4)15(14)18-12(3)19-16/h9,11,13H,5-8,10H2,1-4H3. The zero-order valence-electron chi connectivity index (χ0n) is 13.9. The molecule has 1 saturated heterocycles. The molecule has 0 radical (unpaired) electrons. The van der Waals surface area contributed by atoms with Gasteiger partial charge >= 0.3 is 0 Å². The van der Waals surface area contributed by atoms with Crippen LogP contribution in [-0.2, 0) is 11.8 Å². The Morgan fingerprint density at radius 3 is 2.68 bits per heavy atom. The fraction of sp³-hybridized carbons (Fsp3) is 0.688. The molecule has 0 saturated carbocycles. The van der Waals surface area contributed by atoms with Crippen molar-refractivity contribution >= 4 is 16.9 Å². The molecule has 0 atom stereocenters. The van der Waals surface area contributed by atoms with Crippen LogP contribution in [0.2, 0.25) is 0 Å². The number of hydrogen-bond donors (Lipinski definition) is 0. The maximum Gasteiger partial charge on any atom is 0.163 e.